The van der Waals surface area contributed by atoms with E-state index in [4.69, 9.17) is 0 Å². The third-order valence-electron chi connectivity index (χ3n) is 3.64. The minimum atomic E-state index is -0.0786. The number of hydrogen-bond donors (Lipinski definition) is 0. The van der Waals surface area contributed by atoms with Gasteiger partial charge in [0.1, 0.15) is 0 Å². The van der Waals surface area contributed by atoms with Crippen LogP contribution in [0.1, 0.15) is 38.7 Å². The van der Waals surface area contributed by atoms with E-state index < -0.39 is 0 Å². The van der Waals surface area contributed by atoms with Crippen molar-refractivity contribution in [1.29, 1.82) is 0 Å². The van der Waals surface area contributed by atoms with Crippen LogP contribution >= 0.6 is 0 Å². The molecule has 92 valence electrons. The van der Waals surface area contributed by atoms with Gasteiger partial charge < -0.3 is 4.90 Å². The van der Waals surface area contributed by atoms with Crippen molar-refractivity contribution in [3.63, 3.8) is 0 Å². The molecule has 0 aromatic heterocycles. The van der Waals surface area contributed by atoms with E-state index in [-0.39, 0.29) is 5.41 Å². The van der Waals surface area contributed by atoms with Crippen LogP contribution in [0.4, 0.5) is 0 Å². The van der Waals surface area contributed by atoms with Crippen LogP contribution in [0.2, 0.25) is 0 Å². The third kappa shape index (κ3) is 2.51. The number of β-lactam (4-membered cyclic amide) rings is 1. The van der Waals surface area contributed by atoms with E-state index >= 15 is 0 Å². The monoisotopic (exact) mass is 231 g/mol. The highest BCUT2D eigenvalue weighted by atomic mass is 16.2. The molecule has 0 saturated carbocycles. The number of carbonyl (C=O) groups is 1. The SMILES string of the molecule is CCCCC1(C)CN(Cc2ccccc2)C1=O. The predicted octanol–water partition coefficient (Wildman–Crippen LogP) is 3.23. The second-order valence-electron chi connectivity index (χ2n) is 5.31. The molecule has 1 heterocycles. The zero-order chi connectivity index (χ0) is 12.3. The van der Waals surface area contributed by atoms with Gasteiger partial charge in [0.15, 0.2) is 0 Å². The average molecular weight is 231 g/mol. The minimum Gasteiger partial charge on any atom is -0.337 e. The molecule has 1 aromatic rings. The molecule has 2 heteroatoms. The Morgan fingerprint density at radius 2 is 2.00 bits per heavy atom. The molecule has 1 amide bonds. The van der Waals surface area contributed by atoms with Gasteiger partial charge in [0.25, 0.3) is 0 Å². The lowest BCUT2D eigenvalue weighted by atomic mass is 9.76. The lowest BCUT2D eigenvalue weighted by Crippen LogP contribution is -2.59. The quantitative estimate of drug-likeness (QED) is 0.712. The fourth-order valence-corrected chi connectivity index (χ4v) is 2.54. The number of unbranched alkanes of at least 4 members (excludes halogenated alkanes) is 1. The van der Waals surface area contributed by atoms with Gasteiger partial charge in [-0.05, 0) is 18.9 Å². The van der Waals surface area contributed by atoms with Crippen molar-refractivity contribution >= 4 is 5.91 Å². The highest BCUT2D eigenvalue weighted by Gasteiger charge is 2.46. The van der Waals surface area contributed by atoms with E-state index in [1.54, 1.807) is 0 Å². The van der Waals surface area contributed by atoms with Gasteiger partial charge in [0.05, 0.1) is 5.41 Å². The third-order valence-corrected chi connectivity index (χ3v) is 3.64. The first-order valence-electron chi connectivity index (χ1n) is 6.49. The summed E-state index contributed by atoms with van der Waals surface area (Å²) >= 11 is 0. The summed E-state index contributed by atoms with van der Waals surface area (Å²) in [5.41, 5.74) is 1.14. The van der Waals surface area contributed by atoms with Crippen molar-refractivity contribution in [1.82, 2.24) is 4.90 Å². The van der Waals surface area contributed by atoms with Crippen molar-refractivity contribution in [2.75, 3.05) is 6.54 Å². The minimum absolute atomic E-state index is 0.0786. The van der Waals surface area contributed by atoms with Gasteiger partial charge >= 0.3 is 0 Å². The standard InChI is InChI=1S/C15H21NO/c1-3-4-10-15(2)12-16(14(15)17)11-13-8-6-5-7-9-13/h5-9H,3-4,10-12H2,1-2H3. The molecule has 0 radical (unpaired) electrons. The summed E-state index contributed by atoms with van der Waals surface area (Å²) < 4.78 is 0. The van der Waals surface area contributed by atoms with Crippen LogP contribution in [-0.4, -0.2) is 17.4 Å². The summed E-state index contributed by atoms with van der Waals surface area (Å²) in [5.74, 6) is 0.329. The van der Waals surface area contributed by atoms with Gasteiger partial charge in [0.2, 0.25) is 5.91 Å². The summed E-state index contributed by atoms with van der Waals surface area (Å²) in [6.45, 7) is 5.96. The highest BCUT2D eigenvalue weighted by molar-refractivity contribution is 5.88. The van der Waals surface area contributed by atoms with E-state index in [2.05, 4.69) is 26.0 Å². The van der Waals surface area contributed by atoms with Gasteiger partial charge in [0, 0.05) is 13.1 Å². The van der Waals surface area contributed by atoms with Crippen LogP contribution in [0.3, 0.4) is 0 Å². The maximum absolute atomic E-state index is 12.1. The molecule has 2 nitrogen and oxygen atoms in total. The Morgan fingerprint density at radius 3 is 2.59 bits per heavy atom. The zero-order valence-corrected chi connectivity index (χ0v) is 10.8. The van der Waals surface area contributed by atoms with E-state index in [1.807, 2.05) is 23.1 Å². The van der Waals surface area contributed by atoms with E-state index in [1.165, 1.54) is 12.0 Å². The molecule has 1 atom stereocenters. The molecule has 1 aromatic carbocycles. The first-order chi connectivity index (χ1) is 8.15. The van der Waals surface area contributed by atoms with Crippen molar-refractivity contribution in [3.05, 3.63) is 35.9 Å². The van der Waals surface area contributed by atoms with Crippen LogP contribution in [-0.2, 0) is 11.3 Å². The zero-order valence-electron chi connectivity index (χ0n) is 10.8. The molecule has 1 aliphatic rings. The van der Waals surface area contributed by atoms with Crippen LogP contribution in [0, 0.1) is 5.41 Å². The highest BCUT2D eigenvalue weighted by Crippen LogP contribution is 2.37. The Kier molecular flexibility index (Phi) is 3.51. The number of amides is 1. The van der Waals surface area contributed by atoms with Crippen LogP contribution in [0.15, 0.2) is 30.3 Å². The van der Waals surface area contributed by atoms with Crippen molar-refractivity contribution in [3.8, 4) is 0 Å². The van der Waals surface area contributed by atoms with Gasteiger partial charge in [-0.1, -0.05) is 50.1 Å². The van der Waals surface area contributed by atoms with Crippen LogP contribution < -0.4 is 0 Å². The summed E-state index contributed by atoms with van der Waals surface area (Å²) in [4.78, 5) is 14.1. The molecule has 1 saturated heterocycles. The molecular weight excluding hydrogens is 210 g/mol. The van der Waals surface area contributed by atoms with Crippen LogP contribution in [0.5, 0.6) is 0 Å². The Balaban J connectivity index is 1.89. The number of carbonyl (C=O) groups excluding carboxylic acids is 1. The fraction of sp³-hybridized carbons (Fsp3) is 0.533. The second kappa shape index (κ2) is 4.91. The number of nitrogens with zero attached hydrogens (tertiary/aromatic N) is 1. The van der Waals surface area contributed by atoms with E-state index in [9.17, 15) is 4.79 Å². The van der Waals surface area contributed by atoms with Crippen molar-refractivity contribution in [2.24, 2.45) is 5.41 Å². The van der Waals surface area contributed by atoms with Crippen molar-refractivity contribution < 1.29 is 4.79 Å². The van der Waals surface area contributed by atoms with Gasteiger partial charge in [-0.3, -0.25) is 4.79 Å². The van der Waals surface area contributed by atoms with Crippen molar-refractivity contribution in [2.45, 2.75) is 39.7 Å². The molecule has 1 fully saturated rings. The molecule has 2 rings (SSSR count). The smallest absolute Gasteiger partial charge is 0.230 e. The molecule has 0 aliphatic carbocycles. The normalized spacial score (nSPS) is 23.6. The molecule has 17 heavy (non-hydrogen) atoms. The lowest BCUT2D eigenvalue weighted by molar-refractivity contribution is -0.160. The van der Waals surface area contributed by atoms with Gasteiger partial charge in [-0.15, -0.1) is 0 Å². The summed E-state index contributed by atoms with van der Waals surface area (Å²) in [7, 11) is 0. The maximum atomic E-state index is 12.1. The Hall–Kier alpha value is -1.31. The first kappa shape index (κ1) is 12.2. The van der Waals surface area contributed by atoms with Gasteiger partial charge in [-0.2, -0.15) is 0 Å². The molecule has 0 spiro atoms. The fourth-order valence-electron chi connectivity index (χ4n) is 2.54. The number of hydrogen-bond acceptors (Lipinski definition) is 1. The summed E-state index contributed by atoms with van der Waals surface area (Å²) in [5, 5.41) is 0. The van der Waals surface area contributed by atoms with Gasteiger partial charge in [-0.25, -0.2) is 0 Å². The average Bonchev–Trinajstić information content (AvgIpc) is 2.36. The summed E-state index contributed by atoms with van der Waals surface area (Å²) in [6.07, 6.45) is 3.36. The lowest BCUT2D eigenvalue weighted by Gasteiger charge is -2.47. The molecule has 0 N–H and O–H groups in total. The molecule has 1 aliphatic heterocycles. The maximum Gasteiger partial charge on any atom is 0.230 e. The largest absolute Gasteiger partial charge is 0.337 e. The molecule has 1 unspecified atom stereocenters. The number of benzene rings is 1. The van der Waals surface area contributed by atoms with E-state index in [0.717, 1.165) is 25.9 Å². The summed E-state index contributed by atoms with van der Waals surface area (Å²) in [6, 6.07) is 10.2. The Labute approximate surface area is 104 Å². The molecule has 0 bridgehead atoms. The second-order valence-corrected chi connectivity index (χ2v) is 5.31. The number of rotatable bonds is 5. The first-order valence-corrected chi connectivity index (χ1v) is 6.49. The predicted molar refractivity (Wildman–Crippen MR) is 69.5 cm³/mol. The number of likely N-dealkylation sites (tertiary alicyclic amines) is 1. The Morgan fingerprint density at radius 1 is 1.29 bits per heavy atom. The van der Waals surface area contributed by atoms with E-state index in [0.29, 0.717) is 5.91 Å². The topological polar surface area (TPSA) is 20.3 Å². The Bertz CT molecular complexity index is 387. The molecular formula is C15H21NO. The van der Waals surface area contributed by atoms with Crippen LogP contribution in [0.25, 0.3) is 0 Å².